The summed E-state index contributed by atoms with van der Waals surface area (Å²) < 4.78 is 5.20. The monoisotopic (exact) mass is 282 g/mol. The quantitative estimate of drug-likeness (QED) is 0.873. The summed E-state index contributed by atoms with van der Waals surface area (Å²) in [5.74, 6) is 0.568. The van der Waals surface area contributed by atoms with Crippen molar-refractivity contribution in [1.29, 1.82) is 0 Å². The first-order valence-electron chi connectivity index (χ1n) is 6.42. The molecular formula is C14H19ClN2O2. The molecule has 0 aliphatic heterocycles. The number of hydrogen-bond acceptors (Lipinski definition) is 3. The maximum atomic E-state index is 12.1. The van der Waals surface area contributed by atoms with E-state index in [1.165, 1.54) is 0 Å². The zero-order chi connectivity index (χ0) is 13.9. The number of halogens is 1. The van der Waals surface area contributed by atoms with E-state index in [1.54, 1.807) is 25.3 Å². The summed E-state index contributed by atoms with van der Waals surface area (Å²) in [6, 6.07) is 5.15. The summed E-state index contributed by atoms with van der Waals surface area (Å²) in [6.45, 7) is 0.563. The number of nitrogens with one attached hydrogen (secondary N) is 1. The highest BCUT2D eigenvalue weighted by atomic mass is 35.5. The molecule has 0 unspecified atom stereocenters. The van der Waals surface area contributed by atoms with Gasteiger partial charge in [-0.2, -0.15) is 0 Å². The Kier molecular flexibility index (Phi) is 4.32. The smallest absolute Gasteiger partial charge is 0.225 e. The predicted molar refractivity (Wildman–Crippen MR) is 76.6 cm³/mol. The van der Waals surface area contributed by atoms with Gasteiger partial charge in [0.25, 0.3) is 0 Å². The van der Waals surface area contributed by atoms with Crippen LogP contribution in [0, 0.1) is 5.41 Å². The van der Waals surface area contributed by atoms with Crippen LogP contribution >= 0.6 is 11.6 Å². The van der Waals surface area contributed by atoms with Crippen LogP contribution in [0.2, 0.25) is 5.02 Å². The van der Waals surface area contributed by atoms with Gasteiger partial charge in [0.05, 0.1) is 12.8 Å². The van der Waals surface area contributed by atoms with Crippen molar-refractivity contribution >= 4 is 23.2 Å². The topological polar surface area (TPSA) is 64.3 Å². The van der Waals surface area contributed by atoms with E-state index in [4.69, 9.17) is 22.1 Å². The van der Waals surface area contributed by atoms with Gasteiger partial charge in [0.2, 0.25) is 5.91 Å². The van der Waals surface area contributed by atoms with Gasteiger partial charge in [-0.05, 0) is 43.0 Å². The third kappa shape index (κ3) is 3.19. The SMILES string of the molecule is COc1ccc(Cl)cc1NC(=O)CC1(CN)CCC1. The van der Waals surface area contributed by atoms with E-state index >= 15 is 0 Å². The first-order chi connectivity index (χ1) is 9.08. The van der Waals surface area contributed by atoms with E-state index in [-0.39, 0.29) is 11.3 Å². The fraction of sp³-hybridized carbons (Fsp3) is 0.500. The number of benzene rings is 1. The Bertz CT molecular complexity index is 467. The minimum Gasteiger partial charge on any atom is -0.495 e. The molecule has 1 aliphatic rings. The summed E-state index contributed by atoms with van der Waals surface area (Å²) >= 11 is 5.93. The first-order valence-corrected chi connectivity index (χ1v) is 6.80. The number of ether oxygens (including phenoxy) is 1. The molecule has 0 heterocycles. The van der Waals surface area contributed by atoms with Gasteiger partial charge in [-0.1, -0.05) is 18.0 Å². The first kappa shape index (κ1) is 14.2. The Hall–Kier alpha value is -1.26. The normalized spacial score (nSPS) is 16.6. The summed E-state index contributed by atoms with van der Waals surface area (Å²) in [4.78, 5) is 12.1. The standard InChI is InChI=1S/C14H19ClN2O2/c1-19-12-4-3-10(15)7-11(12)17-13(18)8-14(9-16)5-2-6-14/h3-4,7H,2,5-6,8-9,16H2,1H3,(H,17,18). The Labute approximate surface area is 118 Å². The van der Waals surface area contributed by atoms with Crippen molar-refractivity contribution < 1.29 is 9.53 Å². The lowest BCUT2D eigenvalue weighted by Crippen LogP contribution is -2.40. The van der Waals surface area contributed by atoms with Crippen molar-refractivity contribution in [2.45, 2.75) is 25.7 Å². The van der Waals surface area contributed by atoms with Crippen LogP contribution in [0.4, 0.5) is 5.69 Å². The van der Waals surface area contributed by atoms with E-state index in [2.05, 4.69) is 5.32 Å². The summed E-state index contributed by atoms with van der Waals surface area (Å²) in [5, 5.41) is 3.42. The van der Waals surface area contributed by atoms with Crippen molar-refractivity contribution in [3.05, 3.63) is 23.2 Å². The van der Waals surface area contributed by atoms with Crippen molar-refractivity contribution in [3.63, 3.8) is 0 Å². The molecule has 1 fully saturated rings. The molecule has 0 atom stereocenters. The molecular weight excluding hydrogens is 264 g/mol. The molecule has 1 aliphatic carbocycles. The molecule has 104 valence electrons. The van der Waals surface area contributed by atoms with Crippen LogP contribution in [0.5, 0.6) is 5.75 Å². The van der Waals surface area contributed by atoms with Crippen LogP contribution in [-0.4, -0.2) is 19.6 Å². The third-order valence-electron chi connectivity index (χ3n) is 3.82. The Morgan fingerprint density at radius 2 is 2.26 bits per heavy atom. The summed E-state index contributed by atoms with van der Waals surface area (Å²) in [6.07, 6.45) is 3.68. The molecule has 1 aromatic carbocycles. The average molecular weight is 283 g/mol. The maximum Gasteiger partial charge on any atom is 0.225 e. The van der Waals surface area contributed by atoms with Gasteiger partial charge >= 0.3 is 0 Å². The molecule has 2 rings (SSSR count). The number of hydrogen-bond donors (Lipinski definition) is 2. The van der Waals surface area contributed by atoms with Gasteiger partial charge in [0, 0.05) is 11.4 Å². The molecule has 3 N–H and O–H groups in total. The molecule has 1 aromatic rings. The number of carbonyl (C=O) groups is 1. The zero-order valence-corrected chi connectivity index (χ0v) is 11.8. The second-order valence-corrected chi connectivity index (χ2v) is 5.56. The number of nitrogens with two attached hydrogens (primary N) is 1. The van der Waals surface area contributed by atoms with Crippen molar-refractivity contribution in [2.24, 2.45) is 11.1 Å². The fourth-order valence-corrected chi connectivity index (χ4v) is 2.61. The molecule has 1 amide bonds. The van der Waals surface area contributed by atoms with Crippen LogP contribution in [-0.2, 0) is 4.79 Å². The molecule has 1 saturated carbocycles. The largest absolute Gasteiger partial charge is 0.495 e. The van der Waals surface area contributed by atoms with E-state index in [0.29, 0.717) is 29.4 Å². The molecule has 0 spiro atoms. The van der Waals surface area contributed by atoms with E-state index < -0.39 is 0 Å². The highest BCUT2D eigenvalue weighted by molar-refractivity contribution is 6.31. The molecule has 5 heteroatoms. The number of anilines is 1. The van der Waals surface area contributed by atoms with Crippen LogP contribution in [0.15, 0.2) is 18.2 Å². The summed E-state index contributed by atoms with van der Waals surface area (Å²) in [7, 11) is 1.56. The Balaban J connectivity index is 2.04. The second-order valence-electron chi connectivity index (χ2n) is 5.13. The summed E-state index contributed by atoms with van der Waals surface area (Å²) in [5.41, 5.74) is 6.36. The van der Waals surface area contributed by atoms with Crippen molar-refractivity contribution in [2.75, 3.05) is 19.0 Å². The number of carbonyl (C=O) groups excluding carboxylic acids is 1. The minimum atomic E-state index is -0.0364. The van der Waals surface area contributed by atoms with Gasteiger partial charge < -0.3 is 15.8 Å². The lowest BCUT2D eigenvalue weighted by Gasteiger charge is -2.40. The molecule has 0 bridgehead atoms. The van der Waals surface area contributed by atoms with Gasteiger partial charge in [0.1, 0.15) is 5.75 Å². The Morgan fingerprint density at radius 1 is 1.53 bits per heavy atom. The lowest BCUT2D eigenvalue weighted by molar-refractivity contribution is -0.119. The van der Waals surface area contributed by atoms with Gasteiger partial charge in [-0.15, -0.1) is 0 Å². The molecule has 0 saturated heterocycles. The molecule has 0 radical (unpaired) electrons. The van der Waals surface area contributed by atoms with Crippen molar-refractivity contribution in [1.82, 2.24) is 0 Å². The van der Waals surface area contributed by atoms with Gasteiger partial charge in [-0.25, -0.2) is 0 Å². The fourth-order valence-electron chi connectivity index (χ4n) is 2.44. The number of rotatable bonds is 5. The van der Waals surface area contributed by atoms with Crippen LogP contribution in [0.25, 0.3) is 0 Å². The average Bonchev–Trinajstić information content (AvgIpc) is 2.34. The van der Waals surface area contributed by atoms with Gasteiger partial charge in [0.15, 0.2) is 0 Å². The van der Waals surface area contributed by atoms with Crippen LogP contribution in [0.1, 0.15) is 25.7 Å². The lowest BCUT2D eigenvalue weighted by atomic mass is 9.66. The predicted octanol–water partition coefficient (Wildman–Crippen LogP) is 2.81. The third-order valence-corrected chi connectivity index (χ3v) is 4.05. The van der Waals surface area contributed by atoms with E-state index in [1.807, 2.05) is 0 Å². The molecule has 4 nitrogen and oxygen atoms in total. The van der Waals surface area contributed by atoms with Crippen molar-refractivity contribution in [3.8, 4) is 5.75 Å². The van der Waals surface area contributed by atoms with E-state index in [0.717, 1.165) is 19.3 Å². The highest BCUT2D eigenvalue weighted by Gasteiger charge is 2.37. The number of methoxy groups -OCH3 is 1. The maximum absolute atomic E-state index is 12.1. The second kappa shape index (κ2) is 5.80. The van der Waals surface area contributed by atoms with E-state index in [9.17, 15) is 4.79 Å². The van der Waals surface area contributed by atoms with Gasteiger partial charge in [-0.3, -0.25) is 4.79 Å². The zero-order valence-electron chi connectivity index (χ0n) is 11.0. The highest BCUT2D eigenvalue weighted by Crippen LogP contribution is 2.43. The Morgan fingerprint density at radius 3 is 2.79 bits per heavy atom. The molecule has 19 heavy (non-hydrogen) atoms. The van der Waals surface area contributed by atoms with Crippen LogP contribution in [0.3, 0.4) is 0 Å². The number of amides is 1. The molecule has 0 aromatic heterocycles. The van der Waals surface area contributed by atoms with Crippen LogP contribution < -0.4 is 15.8 Å². The minimum absolute atomic E-state index is 0.00407.